The SMILES string of the molecule is CCC(C)=NC(=O)N(O)C(C)OC. The molecule has 1 atom stereocenters. The molecule has 1 N–H and O–H groups in total. The van der Waals surface area contributed by atoms with Gasteiger partial charge in [-0.3, -0.25) is 5.21 Å². The maximum atomic E-state index is 11.1. The van der Waals surface area contributed by atoms with E-state index in [2.05, 4.69) is 4.99 Å². The highest BCUT2D eigenvalue weighted by Gasteiger charge is 2.16. The molecule has 2 amide bonds. The van der Waals surface area contributed by atoms with Gasteiger partial charge >= 0.3 is 6.03 Å². The van der Waals surface area contributed by atoms with Gasteiger partial charge < -0.3 is 4.74 Å². The zero-order valence-corrected chi connectivity index (χ0v) is 8.44. The Kier molecular flexibility index (Phi) is 5.25. The monoisotopic (exact) mass is 188 g/mol. The number of methoxy groups -OCH3 is 1. The van der Waals surface area contributed by atoms with Gasteiger partial charge in [-0.2, -0.15) is 5.06 Å². The standard InChI is InChI=1S/C8H16N2O3/c1-5-6(2)9-8(11)10(12)7(3)13-4/h7,12H,5H2,1-4H3. The lowest BCUT2D eigenvalue weighted by atomic mass is 10.3. The minimum absolute atomic E-state index is 0.458. The van der Waals surface area contributed by atoms with E-state index in [0.29, 0.717) is 17.2 Å². The van der Waals surface area contributed by atoms with Gasteiger partial charge in [-0.1, -0.05) is 6.92 Å². The second-order valence-corrected chi connectivity index (χ2v) is 2.66. The first-order valence-corrected chi connectivity index (χ1v) is 4.12. The van der Waals surface area contributed by atoms with Gasteiger partial charge in [0, 0.05) is 12.8 Å². The van der Waals surface area contributed by atoms with Crippen LogP contribution in [0.2, 0.25) is 0 Å². The molecule has 0 aliphatic carbocycles. The van der Waals surface area contributed by atoms with Gasteiger partial charge in [-0.25, -0.2) is 9.79 Å². The van der Waals surface area contributed by atoms with E-state index >= 15 is 0 Å². The summed E-state index contributed by atoms with van der Waals surface area (Å²) in [6, 6.07) is -0.700. The molecule has 5 heteroatoms. The van der Waals surface area contributed by atoms with Crippen LogP contribution in [-0.2, 0) is 4.74 Å². The van der Waals surface area contributed by atoms with Crippen molar-refractivity contribution in [2.75, 3.05) is 7.11 Å². The van der Waals surface area contributed by atoms with Gasteiger partial charge in [0.15, 0.2) is 6.23 Å². The minimum Gasteiger partial charge on any atom is -0.359 e. The van der Waals surface area contributed by atoms with Gasteiger partial charge in [-0.15, -0.1) is 0 Å². The van der Waals surface area contributed by atoms with E-state index in [1.807, 2.05) is 6.92 Å². The normalized spacial score (nSPS) is 14.1. The third-order valence-corrected chi connectivity index (χ3v) is 1.68. The van der Waals surface area contributed by atoms with Crippen LogP contribution in [0.5, 0.6) is 0 Å². The van der Waals surface area contributed by atoms with Crippen LogP contribution in [0, 0.1) is 0 Å². The van der Waals surface area contributed by atoms with Crippen LogP contribution in [0.25, 0.3) is 0 Å². The first-order valence-electron chi connectivity index (χ1n) is 4.12. The van der Waals surface area contributed by atoms with E-state index in [9.17, 15) is 10.0 Å². The molecule has 0 rings (SSSR count). The Morgan fingerprint density at radius 1 is 1.69 bits per heavy atom. The number of rotatable bonds is 3. The summed E-state index contributed by atoms with van der Waals surface area (Å²) < 4.78 is 4.73. The first-order chi connectivity index (χ1) is 6.02. The van der Waals surface area contributed by atoms with E-state index in [1.54, 1.807) is 13.8 Å². The maximum Gasteiger partial charge on any atom is 0.369 e. The second kappa shape index (κ2) is 5.66. The lowest BCUT2D eigenvalue weighted by molar-refractivity contribution is -0.156. The van der Waals surface area contributed by atoms with Crippen LogP contribution >= 0.6 is 0 Å². The fourth-order valence-electron chi connectivity index (χ4n) is 0.549. The van der Waals surface area contributed by atoms with Crippen molar-refractivity contribution in [2.45, 2.75) is 33.4 Å². The molecule has 0 saturated carbocycles. The molecule has 13 heavy (non-hydrogen) atoms. The zero-order chi connectivity index (χ0) is 10.4. The predicted octanol–water partition coefficient (Wildman–Crippen LogP) is 1.66. The third-order valence-electron chi connectivity index (χ3n) is 1.68. The number of ether oxygens (including phenoxy) is 1. The highest BCUT2D eigenvalue weighted by molar-refractivity contribution is 5.93. The van der Waals surface area contributed by atoms with E-state index in [-0.39, 0.29) is 0 Å². The number of hydrogen-bond acceptors (Lipinski definition) is 3. The van der Waals surface area contributed by atoms with Crippen molar-refractivity contribution in [3.63, 3.8) is 0 Å². The number of carbonyl (C=O) groups is 1. The van der Waals surface area contributed by atoms with Gasteiger partial charge in [0.05, 0.1) is 0 Å². The van der Waals surface area contributed by atoms with E-state index < -0.39 is 12.3 Å². The molecule has 0 aromatic heterocycles. The maximum absolute atomic E-state index is 11.1. The first kappa shape index (κ1) is 12.1. The predicted molar refractivity (Wildman–Crippen MR) is 48.9 cm³/mol. The molecular weight excluding hydrogens is 172 g/mol. The number of carbonyl (C=O) groups excluding carboxylic acids is 1. The average Bonchev–Trinajstić information content (AvgIpc) is 2.14. The quantitative estimate of drug-likeness (QED) is 0.317. The second-order valence-electron chi connectivity index (χ2n) is 2.66. The van der Waals surface area contributed by atoms with Crippen LogP contribution < -0.4 is 0 Å². The van der Waals surface area contributed by atoms with E-state index in [1.165, 1.54) is 7.11 Å². The number of nitrogens with zero attached hydrogens (tertiary/aromatic N) is 2. The highest BCUT2D eigenvalue weighted by Crippen LogP contribution is 1.99. The smallest absolute Gasteiger partial charge is 0.359 e. The Hall–Kier alpha value is -0.940. The lowest BCUT2D eigenvalue weighted by Gasteiger charge is -2.18. The molecule has 0 spiro atoms. The molecule has 0 aliphatic heterocycles. The van der Waals surface area contributed by atoms with Crippen LogP contribution in [0.3, 0.4) is 0 Å². The summed E-state index contributed by atoms with van der Waals surface area (Å²) in [5, 5.41) is 9.64. The summed E-state index contributed by atoms with van der Waals surface area (Å²) in [5.41, 5.74) is 0.673. The number of amides is 2. The Morgan fingerprint density at radius 2 is 2.23 bits per heavy atom. The number of urea groups is 1. The summed E-state index contributed by atoms with van der Waals surface area (Å²) in [5.74, 6) is 0. The average molecular weight is 188 g/mol. The summed E-state index contributed by atoms with van der Waals surface area (Å²) in [4.78, 5) is 14.8. The minimum atomic E-state index is -0.700. The summed E-state index contributed by atoms with van der Waals surface area (Å²) in [6.07, 6.45) is 0.00177. The van der Waals surface area contributed by atoms with E-state index in [4.69, 9.17) is 4.74 Å². The van der Waals surface area contributed by atoms with Crippen LogP contribution in [0.15, 0.2) is 4.99 Å². The fraction of sp³-hybridized carbons (Fsp3) is 0.750. The molecule has 0 saturated heterocycles. The topological polar surface area (TPSA) is 62.1 Å². The van der Waals surface area contributed by atoms with Gasteiger partial charge in [-0.05, 0) is 20.3 Å². The Labute approximate surface area is 78.0 Å². The fourth-order valence-corrected chi connectivity index (χ4v) is 0.549. The van der Waals surface area contributed by atoms with Gasteiger partial charge in [0.25, 0.3) is 0 Å². The molecule has 0 aliphatic rings. The van der Waals surface area contributed by atoms with Crippen LogP contribution in [0.4, 0.5) is 4.79 Å². The van der Waals surface area contributed by atoms with Crippen molar-refractivity contribution >= 4 is 11.7 Å². The Bertz CT molecular complexity index is 204. The Morgan fingerprint density at radius 3 is 2.62 bits per heavy atom. The van der Waals surface area contributed by atoms with Crippen LogP contribution in [0.1, 0.15) is 27.2 Å². The number of hydroxylamine groups is 2. The highest BCUT2D eigenvalue weighted by atomic mass is 16.6. The van der Waals surface area contributed by atoms with Crippen molar-refractivity contribution < 1.29 is 14.7 Å². The molecule has 0 bridgehead atoms. The zero-order valence-electron chi connectivity index (χ0n) is 8.44. The molecule has 5 nitrogen and oxygen atoms in total. The molecule has 0 aromatic rings. The summed E-state index contributed by atoms with van der Waals surface area (Å²) in [6.45, 7) is 5.16. The van der Waals surface area contributed by atoms with Crippen molar-refractivity contribution in [3.8, 4) is 0 Å². The largest absolute Gasteiger partial charge is 0.369 e. The van der Waals surface area contributed by atoms with Crippen molar-refractivity contribution in [3.05, 3.63) is 0 Å². The molecule has 0 fully saturated rings. The summed E-state index contributed by atoms with van der Waals surface area (Å²) >= 11 is 0. The van der Waals surface area contributed by atoms with Crippen LogP contribution in [-0.4, -0.2) is 35.4 Å². The number of aliphatic imine (C=N–C) groups is 1. The molecule has 0 aromatic carbocycles. The molecular formula is C8H16N2O3. The summed E-state index contributed by atoms with van der Waals surface area (Å²) in [7, 11) is 1.40. The molecule has 1 unspecified atom stereocenters. The molecule has 76 valence electrons. The van der Waals surface area contributed by atoms with Crippen molar-refractivity contribution in [1.82, 2.24) is 5.06 Å². The Balaban J connectivity index is 4.26. The number of hydrogen-bond donors (Lipinski definition) is 1. The third kappa shape index (κ3) is 4.00. The van der Waals surface area contributed by atoms with Gasteiger partial charge in [0.2, 0.25) is 0 Å². The lowest BCUT2D eigenvalue weighted by Crippen LogP contribution is -2.35. The molecule has 0 radical (unpaired) electrons. The van der Waals surface area contributed by atoms with Crippen molar-refractivity contribution in [1.29, 1.82) is 0 Å². The molecule has 0 heterocycles. The van der Waals surface area contributed by atoms with E-state index in [0.717, 1.165) is 0 Å². The van der Waals surface area contributed by atoms with Gasteiger partial charge in [0.1, 0.15) is 0 Å². The van der Waals surface area contributed by atoms with Crippen molar-refractivity contribution in [2.24, 2.45) is 4.99 Å².